The molecule has 30 heavy (non-hydrogen) atoms. The molecule has 0 aliphatic carbocycles. The standard InChI is InChI=1S/C22H24N6O2/c1-3-28-20-9-6-17(14-19(20)24-25-28)22(29)27-12-10-26(11-13-27)21(15-23)16-4-7-18(30-2)8-5-16/h4-9,14,21H,3,10-13H2,1-2H3. The van der Waals surface area contributed by atoms with Crippen molar-refractivity contribution in [2.24, 2.45) is 0 Å². The molecule has 1 amide bonds. The summed E-state index contributed by atoms with van der Waals surface area (Å²) in [7, 11) is 1.62. The summed E-state index contributed by atoms with van der Waals surface area (Å²) in [5, 5.41) is 18.0. The fourth-order valence-corrected chi connectivity index (χ4v) is 3.86. The summed E-state index contributed by atoms with van der Waals surface area (Å²) in [4.78, 5) is 16.9. The monoisotopic (exact) mass is 404 g/mol. The fraction of sp³-hybridized carbons (Fsp3) is 0.364. The van der Waals surface area contributed by atoms with Crippen molar-refractivity contribution < 1.29 is 9.53 Å². The molecule has 1 unspecified atom stereocenters. The van der Waals surface area contributed by atoms with Crippen molar-refractivity contribution in [3.05, 3.63) is 53.6 Å². The van der Waals surface area contributed by atoms with Gasteiger partial charge in [-0.1, -0.05) is 17.3 Å². The molecule has 1 fully saturated rings. The highest BCUT2D eigenvalue weighted by atomic mass is 16.5. The van der Waals surface area contributed by atoms with Gasteiger partial charge in [0.15, 0.2) is 0 Å². The third kappa shape index (κ3) is 3.72. The number of nitriles is 1. The number of ether oxygens (including phenoxy) is 1. The topological polar surface area (TPSA) is 87.3 Å². The van der Waals surface area contributed by atoms with E-state index >= 15 is 0 Å². The molecule has 3 aromatic rings. The number of carbonyl (C=O) groups excluding carboxylic acids is 1. The summed E-state index contributed by atoms with van der Waals surface area (Å²) in [6, 6.07) is 15.2. The lowest BCUT2D eigenvalue weighted by Crippen LogP contribution is -2.49. The Morgan fingerprint density at radius 3 is 2.53 bits per heavy atom. The number of rotatable bonds is 5. The first-order valence-corrected chi connectivity index (χ1v) is 10.0. The molecule has 8 nitrogen and oxygen atoms in total. The van der Waals surface area contributed by atoms with Gasteiger partial charge in [0.1, 0.15) is 17.3 Å². The van der Waals surface area contributed by atoms with Crippen molar-refractivity contribution >= 4 is 16.9 Å². The molecular formula is C22H24N6O2. The Balaban J connectivity index is 1.43. The van der Waals surface area contributed by atoms with E-state index in [4.69, 9.17) is 4.74 Å². The van der Waals surface area contributed by atoms with Gasteiger partial charge in [0.25, 0.3) is 5.91 Å². The summed E-state index contributed by atoms with van der Waals surface area (Å²) in [6.45, 7) is 5.18. The number of piperazine rings is 1. The maximum atomic E-state index is 13.0. The average molecular weight is 404 g/mol. The van der Waals surface area contributed by atoms with E-state index in [-0.39, 0.29) is 11.9 Å². The van der Waals surface area contributed by atoms with E-state index in [2.05, 4.69) is 21.3 Å². The van der Waals surface area contributed by atoms with Gasteiger partial charge in [0, 0.05) is 38.3 Å². The van der Waals surface area contributed by atoms with Crippen LogP contribution in [0.3, 0.4) is 0 Å². The summed E-state index contributed by atoms with van der Waals surface area (Å²) in [5.41, 5.74) is 3.20. The van der Waals surface area contributed by atoms with Crippen LogP contribution in [0.4, 0.5) is 0 Å². The minimum absolute atomic E-state index is 0.0134. The molecule has 0 saturated carbocycles. The third-order valence-electron chi connectivity index (χ3n) is 5.58. The Bertz CT molecular complexity index is 1080. The van der Waals surface area contributed by atoms with Gasteiger partial charge < -0.3 is 9.64 Å². The second-order valence-electron chi connectivity index (χ2n) is 7.24. The van der Waals surface area contributed by atoms with E-state index in [0.717, 1.165) is 28.9 Å². The highest BCUT2D eigenvalue weighted by Gasteiger charge is 2.27. The molecule has 0 bridgehead atoms. The fourth-order valence-electron chi connectivity index (χ4n) is 3.86. The van der Waals surface area contributed by atoms with Crippen molar-refractivity contribution in [1.82, 2.24) is 24.8 Å². The van der Waals surface area contributed by atoms with Crippen LogP contribution in [0.5, 0.6) is 5.75 Å². The molecule has 1 aromatic heterocycles. The van der Waals surface area contributed by atoms with Gasteiger partial charge in [-0.25, -0.2) is 4.68 Å². The zero-order valence-corrected chi connectivity index (χ0v) is 17.2. The highest BCUT2D eigenvalue weighted by Crippen LogP contribution is 2.24. The molecule has 1 atom stereocenters. The molecule has 154 valence electrons. The molecule has 1 aliphatic rings. The van der Waals surface area contributed by atoms with E-state index in [1.165, 1.54) is 0 Å². The third-order valence-corrected chi connectivity index (χ3v) is 5.58. The van der Waals surface area contributed by atoms with Gasteiger partial charge in [-0.15, -0.1) is 5.10 Å². The molecule has 0 radical (unpaired) electrons. The van der Waals surface area contributed by atoms with Crippen LogP contribution in [0, 0.1) is 11.3 Å². The molecule has 0 spiro atoms. The molecule has 2 heterocycles. The quantitative estimate of drug-likeness (QED) is 0.649. The van der Waals surface area contributed by atoms with E-state index in [0.29, 0.717) is 31.7 Å². The lowest BCUT2D eigenvalue weighted by molar-refractivity contribution is 0.0606. The molecule has 4 rings (SSSR count). The SMILES string of the molecule is CCn1nnc2cc(C(=O)N3CCN(C(C#N)c4ccc(OC)cc4)CC3)ccc21. The van der Waals surface area contributed by atoms with Crippen LogP contribution in [0.2, 0.25) is 0 Å². The van der Waals surface area contributed by atoms with Gasteiger partial charge in [0.2, 0.25) is 0 Å². The van der Waals surface area contributed by atoms with Crippen LogP contribution in [-0.2, 0) is 6.54 Å². The highest BCUT2D eigenvalue weighted by molar-refractivity contribution is 5.97. The first-order valence-electron chi connectivity index (χ1n) is 10.0. The number of carbonyl (C=O) groups is 1. The number of benzene rings is 2. The summed E-state index contributed by atoms with van der Waals surface area (Å²) in [5.74, 6) is 0.752. The first-order chi connectivity index (χ1) is 14.6. The zero-order chi connectivity index (χ0) is 21.1. The van der Waals surface area contributed by atoms with Crippen LogP contribution in [0.1, 0.15) is 28.9 Å². The smallest absolute Gasteiger partial charge is 0.254 e. The molecule has 0 N–H and O–H groups in total. The molecule has 1 saturated heterocycles. The zero-order valence-electron chi connectivity index (χ0n) is 17.2. The van der Waals surface area contributed by atoms with Crippen molar-refractivity contribution in [2.75, 3.05) is 33.3 Å². The van der Waals surface area contributed by atoms with Gasteiger partial charge >= 0.3 is 0 Å². The van der Waals surface area contributed by atoms with E-state index in [9.17, 15) is 10.1 Å². The van der Waals surface area contributed by atoms with Crippen molar-refractivity contribution in [2.45, 2.75) is 19.5 Å². The predicted octanol–water partition coefficient (Wildman–Crippen LogP) is 2.48. The molecular weight excluding hydrogens is 380 g/mol. The number of hydrogen-bond acceptors (Lipinski definition) is 6. The van der Waals surface area contributed by atoms with Crippen LogP contribution in [-0.4, -0.2) is 64.0 Å². The maximum Gasteiger partial charge on any atom is 0.254 e. The second kappa shape index (κ2) is 8.51. The van der Waals surface area contributed by atoms with Crippen molar-refractivity contribution in [1.29, 1.82) is 5.26 Å². The van der Waals surface area contributed by atoms with Crippen LogP contribution in [0.15, 0.2) is 42.5 Å². The average Bonchev–Trinajstić information content (AvgIpc) is 3.22. The summed E-state index contributed by atoms with van der Waals surface area (Å²) >= 11 is 0. The number of fused-ring (bicyclic) bond motifs is 1. The largest absolute Gasteiger partial charge is 0.497 e. The number of methoxy groups -OCH3 is 1. The second-order valence-corrected chi connectivity index (χ2v) is 7.24. The number of hydrogen-bond donors (Lipinski definition) is 0. The lowest BCUT2D eigenvalue weighted by Gasteiger charge is -2.37. The summed E-state index contributed by atoms with van der Waals surface area (Å²) in [6.07, 6.45) is 0. The Labute approximate surface area is 175 Å². The van der Waals surface area contributed by atoms with E-state index < -0.39 is 0 Å². The maximum absolute atomic E-state index is 13.0. The van der Waals surface area contributed by atoms with E-state index in [1.807, 2.05) is 52.9 Å². The van der Waals surface area contributed by atoms with E-state index in [1.54, 1.807) is 13.2 Å². The van der Waals surface area contributed by atoms with Crippen LogP contribution >= 0.6 is 0 Å². The van der Waals surface area contributed by atoms with Crippen LogP contribution in [0.25, 0.3) is 11.0 Å². The lowest BCUT2D eigenvalue weighted by atomic mass is 10.1. The number of nitrogens with zero attached hydrogens (tertiary/aromatic N) is 6. The van der Waals surface area contributed by atoms with Gasteiger partial charge in [-0.3, -0.25) is 9.69 Å². The normalized spacial score (nSPS) is 15.7. The Morgan fingerprint density at radius 2 is 1.90 bits per heavy atom. The number of aryl methyl sites for hydroxylation is 1. The Morgan fingerprint density at radius 1 is 1.17 bits per heavy atom. The Kier molecular flexibility index (Phi) is 5.63. The van der Waals surface area contributed by atoms with Gasteiger partial charge in [-0.05, 0) is 42.8 Å². The molecule has 2 aromatic carbocycles. The van der Waals surface area contributed by atoms with Crippen molar-refractivity contribution in [3.8, 4) is 11.8 Å². The van der Waals surface area contributed by atoms with Gasteiger partial charge in [0.05, 0.1) is 18.7 Å². The number of amides is 1. The minimum Gasteiger partial charge on any atom is -0.497 e. The van der Waals surface area contributed by atoms with Crippen LogP contribution < -0.4 is 4.74 Å². The predicted molar refractivity (Wildman–Crippen MR) is 112 cm³/mol. The Hall–Kier alpha value is -3.44. The molecule has 8 heteroatoms. The first kappa shape index (κ1) is 19.9. The minimum atomic E-state index is -0.339. The van der Waals surface area contributed by atoms with Crippen molar-refractivity contribution in [3.63, 3.8) is 0 Å². The molecule has 1 aliphatic heterocycles. The number of aromatic nitrogens is 3. The van der Waals surface area contributed by atoms with Gasteiger partial charge in [-0.2, -0.15) is 5.26 Å². The summed E-state index contributed by atoms with van der Waals surface area (Å²) < 4.78 is 7.00.